The second-order valence-corrected chi connectivity index (χ2v) is 8.45. The summed E-state index contributed by atoms with van der Waals surface area (Å²) in [5, 5.41) is 6.79. The maximum atomic E-state index is 12.8. The summed E-state index contributed by atoms with van der Waals surface area (Å²) in [6.45, 7) is 7.59. The van der Waals surface area contributed by atoms with E-state index in [1.54, 1.807) is 12.1 Å². The van der Waals surface area contributed by atoms with E-state index in [9.17, 15) is 9.59 Å². The van der Waals surface area contributed by atoms with E-state index in [0.717, 1.165) is 11.1 Å². The molecule has 0 radical (unpaired) electrons. The number of hydrazone groups is 1. The van der Waals surface area contributed by atoms with Crippen molar-refractivity contribution in [2.24, 2.45) is 11.0 Å². The molecule has 0 saturated heterocycles. The Kier molecular flexibility index (Phi) is 10.4. The molecule has 9 nitrogen and oxygen atoms in total. The summed E-state index contributed by atoms with van der Waals surface area (Å²) in [7, 11) is 4.55. The van der Waals surface area contributed by atoms with Crippen molar-refractivity contribution >= 4 is 18.0 Å². The highest BCUT2D eigenvalue weighted by atomic mass is 16.5. The van der Waals surface area contributed by atoms with E-state index < -0.39 is 11.9 Å². The Hall–Kier alpha value is -3.75. The molecule has 2 aromatic carbocycles. The number of nitrogens with zero attached hydrogens (tertiary/aromatic N) is 1. The maximum Gasteiger partial charge on any atom is 0.262 e. The molecule has 0 unspecified atom stereocenters. The molecule has 0 saturated carbocycles. The van der Waals surface area contributed by atoms with Crippen molar-refractivity contribution in [3.05, 3.63) is 47.0 Å². The van der Waals surface area contributed by atoms with E-state index in [-0.39, 0.29) is 18.4 Å². The first-order valence-electron chi connectivity index (χ1n) is 11.3. The topological polar surface area (TPSA) is 107 Å². The van der Waals surface area contributed by atoms with Crippen LogP contribution in [0.3, 0.4) is 0 Å². The van der Waals surface area contributed by atoms with Crippen LogP contribution in [0.2, 0.25) is 0 Å². The third-order valence-corrected chi connectivity index (χ3v) is 5.19. The number of para-hydroxylation sites is 1. The monoisotopic (exact) mass is 485 g/mol. The highest BCUT2D eigenvalue weighted by Gasteiger charge is 2.22. The predicted molar refractivity (Wildman–Crippen MR) is 135 cm³/mol. The van der Waals surface area contributed by atoms with Crippen molar-refractivity contribution in [1.29, 1.82) is 0 Å². The van der Waals surface area contributed by atoms with E-state index in [1.807, 2.05) is 45.9 Å². The van der Waals surface area contributed by atoms with Gasteiger partial charge in [-0.1, -0.05) is 32.0 Å². The fourth-order valence-corrected chi connectivity index (χ4v) is 3.53. The van der Waals surface area contributed by atoms with Gasteiger partial charge in [-0.05, 0) is 49.4 Å². The van der Waals surface area contributed by atoms with Crippen LogP contribution in [0.5, 0.6) is 23.0 Å². The van der Waals surface area contributed by atoms with Gasteiger partial charge in [-0.2, -0.15) is 5.10 Å². The molecule has 0 fully saturated rings. The number of hydrogen-bond donors (Lipinski definition) is 2. The van der Waals surface area contributed by atoms with Gasteiger partial charge in [-0.3, -0.25) is 9.59 Å². The average Bonchev–Trinajstić information content (AvgIpc) is 2.82. The fourth-order valence-electron chi connectivity index (χ4n) is 3.53. The number of methoxy groups -OCH3 is 3. The molecular weight excluding hydrogens is 450 g/mol. The van der Waals surface area contributed by atoms with E-state index in [1.165, 1.54) is 27.5 Å². The largest absolute Gasteiger partial charge is 0.493 e. The van der Waals surface area contributed by atoms with Gasteiger partial charge in [0.25, 0.3) is 11.8 Å². The third-order valence-electron chi connectivity index (χ3n) is 5.19. The van der Waals surface area contributed by atoms with Gasteiger partial charge in [-0.15, -0.1) is 0 Å². The smallest absolute Gasteiger partial charge is 0.262 e. The number of rotatable bonds is 12. The average molecular weight is 486 g/mol. The Labute approximate surface area is 206 Å². The summed E-state index contributed by atoms with van der Waals surface area (Å²) in [6, 6.07) is 8.41. The second-order valence-electron chi connectivity index (χ2n) is 8.45. The van der Waals surface area contributed by atoms with Crippen molar-refractivity contribution in [3.63, 3.8) is 0 Å². The van der Waals surface area contributed by atoms with E-state index in [0.29, 0.717) is 35.0 Å². The van der Waals surface area contributed by atoms with Gasteiger partial charge < -0.3 is 24.3 Å². The molecule has 190 valence electrons. The molecule has 2 N–H and O–H groups in total. The summed E-state index contributed by atoms with van der Waals surface area (Å²) < 4.78 is 21.7. The zero-order valence-corrected chi connectivity index (χ0v) is 21.4. The van der Waals surface area contributed by atoms with E-state index in [2.05, 4.69) is 15.8 Å². The van der Waals surface area contributed by atoms with Crippen LogP contribution in [0.1, 0.15) is 37.0 Å². The maximum absolute atomic E-state index is 12.8. The molecule has 1 atom stereocenters. The Morgan fingerprint density at radius 2 is 1.57 bits per heavy atom. The normalized spacial score (nSPS) is 11.8. The molecule has 2 rings (SSSR count). The SMILES string of the molecule is COc1cc(/C=N\NC(=O)[C@@H](CC(C)C)NC(=O)COc2c(C)cccc2C)cc(OC)c1OC. The number of benzene rings is 2. The van der Waals surface area contributed by atoms with E-state index >= 15 is 0 Å². The van der Waals surface area contributed by atoms with Crippen LogP contribution in [0.4, 0.5) is 0 Å². The van der Waals surface area contributed by atoms with Crippen molar-refractivity contribution in [2.75, 3.05) is 27.9 Å². The molecule has 2 aromatic rings. The molecule has 0 aliphatic carbocycles. The Bertz CT molecular complexity index is 1010. The number of carbonyl (C=O) groups is 2. The van der Waals surface area contributed by atoms with Crippen LogP contribution >= 0.6 is 0 Å². The standard InChI is InChI=1S/C26H35N3O6/c1-16(2)11-20(28-23(30)15-35-24-17(3)9-8-10-18(24)4)26(31)29-27-14-19-12-21(32-5)25(34-7)22(13-19)33-6/h8-10,12-14,16,20H,11,15H2,1-7H3,(H,28,30)(H,29,31)/b27-14-/t20-/m1/s1. The van der Waals surface area contributed by atoms with Crippen LogP contribution in [0, 0.1) is 19.8 Å². The molecule has 0 heterocycles. The zero-order chi connectivity index (χ0) is 26.0. The Morgan fingerprint density at radius 1 is 0.971 bits per heavy atom. The fraction of sp³-hybridized carbons (Fsp3) is 0.423. The zero-order valence-electron chi connectivity index (χ0n) is 21.4. The quantitative estimate of drug-likeness (QED) is 0.353. The van der Waals surface area contributed by atoms with Crippen LogP contribution in [-0.2, 0) is 9.59 Å². The first-order chi connectivity index (χ1) is 16.7. The van der Waals surface area contributed by atoms with Crippen molar-refractivity contribution in [1.82, 2.24) is 10.7 Å². The van der Waals surface area contributed by atoms with Gasteiger partial charge in [-0.25, -0.2) is 5.43 Å². The number of ether oxygens (including phenoxy) is 4. The lowest BCUT2D eigenvalue weighted by atomic mass is 10.0. The molecule has 0 bridgehead atoms. The minimum atomic E-state index is -0.763. The minimum Gasteiger partial charge on any atom is -0.493 e. The van der Waals surface area contributed by atoms with Gasteiger partial charge in [0.05, 0.1) is 27.5 Å². The van der Waals surface area contributed by atoms with Crippen molar-refractivity contribution in [2.45, 2.75) is 40.2 Å². The van der Waals surface area contributed by atoms with Gasteiger partial charge >= 0.3 is 0 Å². The molecule has 0 aliphatic rings. The number of hydrogen-bond acceptors (Lipinski definition) is 7. The summed E-state index contributed by atoms with van der Waals surface area (Å²) in [5.74, 6) is 1.41. The van der Waals surface area contributed by atoms with Gasteiger partial charge in [0.1, 0.15) is 11.8 Å². The number of amides is 2. The predicted octanol–water partition coefficient (Wildman–Crippen LogP) is 3.39. The molecular formula is C26H35N3O6. The van der Waals surface area contributed by atoms with Gasteiger partial charge in [0, 0.05) is 5.56 Å². The lowest BCUT2D eigenvalue weighted by Gasteiger charge is -2.19. The van der Waals surface area contributed by atoms with E-state index in [4.69, 9.17) is 18.9 Å². The first kappa shape index (κ1) is 27.5. The minimum absolute atomic E-state index is 0.171. The summed E-state index contributed by atoms with van der Waals surface area (Å²) >= 11 is 0. The molecule has 0 aliphatic heterocycles. The second kappa shape index (κ2) is 13.2. The van der Waals surface area contributed by atoms with Crippen LogP contribution in [0.25, 0.3) is 0 Å². The number of nitrogens with one attached hydrogen (secondary N) is 2. The van der Waals surface area contributed by atoms with Gasteiger partial charge in [0.15, 0.2) is 18.1 Å². The van der Waals surface area contributed by atoms with Crippen LogP contribution in [-0.4, -0.2) is 52.0 Å². The van der Waals surface area contributed by atoms with Crippen LogP contribution < -0.4 is 29.7 Å². The first-order valence-corrected chi connectivity index (χ1v) is 11.3. The molecule has 0 aromatic heterocycles. The van der Waals surface area contributed by atoms with Crippen molar-refractivity contribution in [3.8, 4) is 23.0 Å². The highest BCUT2D eigenvalue weighted by molar-refractivity contribution is 5.89. The van der Waals surface area contributed by atoms with Gasteiger partial charge in [0.2, 0.25) is 5.75 Å². The lowest BCUT2D eigenvalue weighted by Crippen LogP contribution is -2.47. The summed E-state index contributed by atoms with van der Waals surface area (Å²) in [6.07, 6.45) is 1.90. The molecule has 0 spiro atoms. The van der Waals surface area contributed by atoms with Crippen LogP contribution in [0.15, 0.2) is 35.4 Å². The molecule has 9 heteroatoms. The summed E-state index contributed by atoms with van der Waals surface area (Å²) in [4.78, 5) is 25.3. The van der Waals surface area contributed by atoms with Crippen molar-refractivity contribution < 1.29 is 28.5 Å². The molecule has 2 amide bonds. The highest BCUT2D eigenvalue weighted by Crippen LogP contribution is 2.37. The molecule has 35 heavy (non-hydrogen) atoms. The third kappa shape index (κ3) is 7.91. The number of aryl methyl sites for hydroxylation is 2. The lowest BCUT2D eigenvalue weighted by molar-refractivity contribution is -0.130. The number of carbonyl (C=O) groups excluding carboxylic acids is 2. The summed E-state index contributed by atoms with van der Waals surface area (Å²) in [5.41, 5.74) is 5.01. The Balaban J connectivity index is 2.04. The Morgan fingerprint density at radius 3 is 2.09 bits per heavy atom.